The van der Waals surface area contributed by atoms with Crippen molar-refractivity contribution in [1.29, 1.82) is 0 Å². The summed E-state index contributed by atoms with van der Waals surface area (Å²) in [6, 6.07) is 0. The highest BCUT2D eigenvalue weighted by Gasteiger charge is 2.71. The summed E-state index contributed by atoms with van der Waals surface area (Å²) in [4.78, 5) is 24.9. The van der Waals surface area contributed by atoms with Crippen molar-refractivity contribution in [2.24, 2.45) is 93.7 Å². The summed E-state index contributed by atoms with van der Waals surface area (Å²) in [5, 5.41) is 0. The molecule has 0 radical (unpaired) electrons. The zero-order valence-electron chi connectivity index (χ0n) is 32.6. The quantitative estimate of drug-likeness (QED) is 0.163. The molecule has 0 amide bonds. The standard InChI is InChI=1S/2C22H34O3.4CH4/c1-5-21(3,4)20(23)24-12(2)25-22-11-14-7-16-15-6-13(9-18(16)22)10-19(22)17(15)8-14;1-5-21(3,4)20(23)24-12(2)25-22-9-17-14-6-13-7-15(17)19(11-22)16(8-13)18(14)10-22;;;;/h2*12-19H,5-11H2,1-4H3;4*1H4. The molecule has 54 heavy (non-hydrogen) atoms. The van der Waals surface area contributed by atoms with Gasteiger partial charge in [0.05, 0.1) is 22.0 Å². The largest absolute Gasteiger partial charge is 0.436 e. The van der Waals surface area contributed by atoms with Gasteiger partial charge in [-0.05, 0) is 214 Å². The van der Waals surface area contributed by atoms with Crippen molar-refractivity contribution < 1.29 is 28.5 Å². The van der Waals surface area contributed by atoms with E-state index in [1.54, 1.807) is 0 Å². The molecule has 0 aliphatic heterocycles. The molecule has 6 atom stereocenters. The van der Waals surface area contributed by atoms with E-state index in [0.717, 1.165) is 95.7 Å². The van der Waals surface area contributed by atoms with Crippen LogP contribution in [0.15, 0.2) is 0 Å². The first-order valence-corrected chi connectivity index (χ1v) is 21.4. The predicted molar refractivity (Wildman–Crippen MR) is 218 cm³/mol. The van der Waals surface area contributed by atoms with Crippen molar-refractivity contribution in [2.45, 2.75) is 199 Å². The molecule has 14 saturated carbocycles. The van der Waals surface area contributed by atoms with Crippen LogP contribution in [-0.4, -0.2) is 35.7 Å². The van der Waals surface area contributed by atoms with Crippen molar-refractivity contribution in [3.05, 3.63) is 0 Å². The molecular formula is C48H84O6. The number of carbonyl (C=O) groups is 2. The number of rotatable bonds is 10. The van der Waals surface area contributed by atoms with Crippen molar-refractivity contribution in [3.63, 3.8) is 0 Å². The van der Waals surface area contributed by atoms with E-state index >= 15 is 0 Å². The van der Waals surface area contributed by atoms with E-state index in [0.29, 0.717) is 0 Å². The minimum Gasteiger partial charge on any atom is -0.436 e. The normalized spacial score (nSPS) is 46.6. The van der Waals surface area contributed by atoms with Crippen LogP contribution >= 0.6 is 0 Å². The number of esters is 2. The molecule has 6 nitrogen and oxygen atoms in total. The summed E-state index contributed by atoms with van der Waals surface area (Å²) in [7, 11) is 0. The molecule has 14 aliphatic rings. The Morgan fingerprint density at radius 2 is 0.870 bits per heavy atom. The van der Waals surface area contributed by atoms with Gasteiger partial charge in [-0.15, -0.1) is 0 Å². The Labute approximate surface area is 332 Å². The van der Waals surface area contributed by atoms with Gasteiger partial charge in [-0.3, -0.25) is 9.59 Å². The molecule has 14 aliphatic carbocycles. The molecule has 0 saturated heterocycles. The van der Waals surface area contributed by atoms with Gasteiger partial charge in [0.25, 0.3) is 0 Å². The highest BCUT2D eigenvalue weighted by Crippen LogP contribution is 2.74. The van der Waals surface area contributed by atoms with Gasteiger partial charge in [0.1, 0.15) is 0 Å². The van der Waals surface area contributed by atoms with E-state index in [2.05, 4.69) is 0 Å². The number of ether oxygens (including phenoxy) is 4. The molecule has 312 valence electrons. The summed E-state index contributed by atoms with van der Waals surface area (Å²) < 4.78 is 24.8. The van der Waals surface area contributed by atoms with Crippen LogP contribution in [0.3, 0.4) is 0 Å². The van der Waals surface area contributed by atoms with Crippen LogP contribution in [0.5, 0.6) is 0 Å². The van der Waals surface area contributed by atoms with Crippen molar-refractivity contribution in [2.75, 3.05) is 0 Å². The van der Waals surface area contributed by atoms with Crippen molar-refractivity contribution in [3.8, 4) is 0 Å². The third kappa shape index (κ3) is 6.56. The first-order valence-electron chi connectivity index (χ1n) is 21.4. The number of hydrogen-bond donors (Lipinski definition) is 0. The summed E-state index contributed by atoms with van der Waals surface area (Å²) in [6.07, 6.45) is 17.3. The maximum Gasteiger partial charge on any atom is 0.313 e. The summed E-state index contributed by atoms with van der Waals surface area (Å²) in [5.41, 5.74) is -0.808. The molecule has 6 unspecified atom stereocenters. The van der Waals surface area contributed by atoms with Crippen LogP contribution in [0.2, 0.25) is 0 Å². The molecule has 0 spiro atoms. The first-order chi connectivity index (χ1) is 23.7. The fourth-order valence-electron chi connectivity index (χ4n) is 15.7. The van der Waals surface area contributed by atoms with Gasteiger partial charge in [0.2, 0.25) is 12.6 Å². The van der Waals surface area contributed by atoms with E-state index in [1.165, 1.54) is 77.0 Å². The van der Waals surface area contributed by atoms with Crippen LogP contribution in [-0.2, 0) is 28.5 Å². The zero-order valence-corrected chi connectivity index (χ0v) is 32.6. The Kier molecular flexibility index (Phi) is 12.1. The SMILES string of the molecule is C.C.C.C.CCC(C)(C)C(=O)OC(C)OC12CC3C4CC5CC3C(C1)C(C5)C4C2.CCC(C)(C)C(=O)OC(C)OC12CC3CC4C5CC(CC41)CC2C5C3. The fraction of sp³-hybridized carbons (Fsp3) is 0.958. The Hall–Kier alpha value is -1.14. The van der Waals surface area contributed by atoms with Gasteiger partial charge in [0, 0.05) is 0 Å². The van der Waals surface area contributed by atoms with Crippen LogP contribution < -0.4 is 0 Å². The molecule has 0 aromatic carbocycles. The third-order valence-electron chi connectivity index (χ3n) is 18.1. The highest BCUT2D eigenvalue weighted by molar-refractivity contribution is 5.76. The molecule has 0 N–H and O–H groups in total. The molecule has 14 rings (SSSR count). The van der Waals surface area contributed by atoms with Gasteiger partial charge in [-0.25, -0.2) is 0 Å². The fourth-order valence-corrected chi connectivity index (χ4v) is 15.7. The highest BCUT2D eigenvalue weighted by atomic mass is 16.7. The summed E-state index contributed by atoms with van der Waals surface area (Å²) >= 11 is 0. The molecule has 6 heteroatoms. The lowest BCUT2D eigenvalue weighted by Gasteiger charge is -2.74. The first kappa shape index (κ1) is 44.0. The Balaban J connectivity index is 0.000000193. The Morgan fingerprint density at radius 1 is 0.519 bits per heavy atom. The lowest BCUT2D eigenvalue weighted by molar-refractivity contribution is -0.338. The molecule has 14 fully saturated rings. The van der Waals surface area contributed by atoms with Crippen LogP contribution in [0, 0.1) is 93.7 Å². The Bertz CT molecular complexity index is 1270. The second-order valence-corrected chi connectivity index (χ2v) is 21.3. The van der Waals surface area contributed by atoms with Crippen LogP contribution in [0.25, 0.3) is 0 Å². The van der Waals surface area contributed by atoms with Gasteiger partial charge in [-0.1, -0.05) is 43.6 Å². The summed E-state index contributed by atoms with van der Waals surface area (Å²) in [6.45, 7) is 15.8. The van der Waals surface area contributed by atoms with Gasteiger partial charge in [-0.2, -0.15) is 0 Å². The molecule has 0 heterocycles. The second-order valence-electron chi connectivity index (χ2n) is 21.3. The molecule has 0 aromatic heterocycles. The topological polar surface area (TPSA) is 71.1 Å². The van der Waals surface area contributed by atoms with Crippen LogP contribution in [0.1, 0.15) is 175 Å². The average Bonchev–Trinajstić information content (AvgIpc) is 3.08. The Morgan fingerprint density at radius 3 is 1.28 bits per heavy atom. The minimum absolute atomic E-state index is 0. The maximum atomic E-state index is 12.5. The minimum atomic E-state index is -0.420. The monoisotopic (exact) mass is 757 g/mol. The van der Waals surface area contributed by atoms with Crippen molar-refractivity contribution in [1.82, 2.24) is 0 Å². The van der Waals surface area contributed by atoms with E-state index in [9.17, 15) is 9.59 Å². The smallest absolute Gasteiger partial charge is 0.313 e. The molecule has 16 bridgehead atoms. The van der Waals surface area contributed by atoms with E-state index < -0.39 is 23.4 Å². The lowest BCUT2D eigenvalue weighted by atomic mass is 9.34. The van der Waals surface area contributed by atoms with E-state index in [1.807, 2.05) is 55.4 Å². The third-order valence-corrected chi connectivity index (χ3v) is 18.1. The number of carbonyl (C=O) groups excluding carboxylic acids is 2. The predicted octanol–water partition coefficient (Wildman–Crippen LogP) is 12.1. The maximum absolute atomic E-state index is 12.5. The van der Waals surface area contributed by atoms with Gasteiger partial charge in [0.15, 0.2) is 0 Å². The zero-order chi connectivity index (χ0) is 35.1. The average molecular weight is 757 g/mol. The molecular weight excluding hydrogens is 673 g/mol. The van der Waals surface area contributed by atoms with Gasteiger partial charge >= 0.3 is 11.9 Å². The van der Waals surface area contributed by atoms with Crippen molar-refractivity contribution >= 4 is 11.9 Å². The van der Waals surface area contributed by atoms with Crippen LogP contribution in [0.4, 0.5) is 0 Å². The number of hydrogen-bond acceptors (Lipinski definition) is 6. The summed E-state index contributed by atoms with van der Waals surface area (Å²) in [5.74, 6) is 12.6. The lowest BCUT2D eigenvalue weighted by Crippen LogP contribution is -2.72. The van der Waals surface area contributed by atoms with Gasteiger partial charge < -0.3 is 18.9 Å². The van der Waals surface area contributed by atoms with E-state index in [-0.39, 0.29) is 52.8 Å². The molecule has 0 aromatic rings. The van der Waals surface area contributed by atoms with E-state index in [4.69, 9.17) is 18.9 Å². The second kappa shape index (κ2) is 14.9.